The number of hydrogen-bond donors (Lipinski definition) is 2. The van der Waals surface area contributed by atoms with Crippen LogP contribution in [-0.4, -0.2) is 27.7 Å². The molecule has 1 heterocycles. The minimum atomic E-state index is -0.126. The summed E-state index contributed by atoms with van der Waals surface area (Å²) in [6.07, 6.45) is 1.58. The number of nitrogens with one attached hydrogen (secondary N) is 1. The molecule has 0 radical (unpaired) electrons. The van der Waals surface area contributed by atoms with Gasteiger partial charge in [-0.1, -0.05) is 32.4 Å². The van der Waals surface area contributed by atoms with Gasteiger partial charge in [-0.2, -0.15) is 0 Å². The SMILES string of the molecule is CC(CO)Nc1ncc(Cl)c(C(C)(C)C)n1. The van der Waals surface area contributed by atoms with E-state index >= 15 is 0 Å². The highest BCUT2D eigenvalue weighted by Gasteiger charge is 2.20. The third-order valence-electron chi connectivity index (χ3n) is 2.10. The predicted octanol–water partition coefficient (Wildman–Crippen LogP) is 2.22. The Balaban J connectivity index is 2.99. The minimum Gasteiger partial charge on any atom is -0.394 e. The maximum absolute atomic E-state index is 8.94. The largest absolute Gasteiger partial charge is 0.394 e. The van der Waals surface area contributed by atoms with Crippen LogP contribution in [0.1, 0.15) is 33.4 Å². The highest BCUT2D eigenvalue weighted by molar-refractivity contribution is 6.31. The van der Waals surface area contributed by atoms with Crippen molar-refractivity contribution in [3.63, 3.8) is 0 Å². The van der Waals surface area contributed by atoms with Crippen LogP contribution >= 0.6 is 11.6 Å². The second kappa shape index (κ2) is 4.97. The maximum Gasteiger partial charge on any atom is 0.223 e. The second-order valence-corrected chi connectivity index (χ2v) is 5.28. The van der Waals surface area contributed by atoms with Crippen LogP contribution in [0.3, 0.4) is 0 Å². The molecule has 0 fully saturated rings. The number of rotatable bonds is 3. The lowest BCUT2D eigenvalue weighted by atomic mass is 9.92. The van der Waals surface area contributed by atoms with E-state index in [1.54, 1.807) is 6.20 Å². The van der Waals surface area contributed by atoms with Crippen molar-refractivity contribution < 1.29 is 5.11 Å². The van der Waals surface area contributed by atoms with Gasteiger partial charge in [0.25, 0.3) is 0 Å². The van der Waals surface area contributed by atoms with Gasteiger partial charge in [0.15, 0.2) is 0 Å². The van der Waals surface area contributed by atoms with E-state index in [0.29, 0.717) is 11.0 Å². The zero-order chi connectivity index (χ0) is 12.3. The normalized spacial score (nSPS) is 13.6. The van der Waals surface area contributed by atoms with Crippen LogP contribution in [0.25, 0.3) is 0 Å². The molecule has 90 valence electrons. The fraction of sp³-hybridized carbons (Fsp3) is 0.636. The Morgan fingerprint density at radius 3 is 2.62 bits per heavy atom. The van der Waals surface area contributed by atoms with Crippen LogP contribution in [0.4, 0.5) is 5.95 Å². The number of aliphatic hydroxyl groups excluding tert-OH is 1. The lowest BCUT2D eigenvalue weighted by Crippen LogP contribution is -2.23. The van der Waals surface area contributed by atoms with E-state index in [0.717, 1.165) is 5.69 Å². The minimum absolute atomic E-state index is 0.0385. The zero-order valence-corrected chi connectivity index (χ0v) is 10.8. The Labute approximate surface area is 101 Å². The van der Waals surface area contributed by atoms with E-state index in [2.05, 4.69) is 15.3 Å². The van der Waals surface area contributed by atoms with Gasteiger partial charge >= 0.3 is 0 Å². The number of anilines is 1. The van der Waals surface area contributed by atoms with Crippen LogP contribution in [0.5, 0.6) is 0 Å². The smallest absolute Gasteiger partial charge is 0.223 e. The van der Waals surface area contributed by atoms with Crippen molar-refractivity contribution in [1.82, 2.24) is 9.97 Å². The monoisotopic (exact) mass is 243 g/mol. The molecule has 0 amide bonds. The molecule has 2 N–H and O–H groups in total. The predicted molar refractivity (Wildman–Crippen MR) is 65.9 cm³/mol. The third-order valence-corrected chi connectivity index (χ3v) is 2.38. The molecule has 4 nitrogen and oxygen atoms in total. The number of aliphatic hydroxyl groups is 1. The van der Waals surface area contributed by atoms with Gasteiger partial charge in [-0.3, -0.25) is 0 Å². The molecule has 0 aliphatic heterocycles. The number of nitrogens with zero attached hydrogens (tertiary/aromatic N) is 2. The van der Waals surface area contributed by atoms with Crippen LogP contribution in [0.15, 0.2) is 6.20 Å². The lowest BCUT2D eigenvalue weighted by Gasteiger charge is -2.20. The first-order valence-electron chi connectivity index (χ1n) is 5.25. The average Bonchev–Trinajstić information content (AvgIpc) is 2.19. The first kappa shape index (κ1) is 13.2. The lowest BCUT2D eigenvalue weighted by molar-refractivity contribution is 0.281. The molecule has 1 atom stereocenters. The van der Waals surface area contributed by atoms with Gasteiger partial charge in [-0.15, -0.1) is 0 Å². The molecule has 1 aromatic rings. The van der Waals surface area contributed by atoms with E-state index < -0.39 is 0 Å². The van der Waals surface area contributed by atoms with Crippen LogP contribution in [0.2, 0.25) is 5.02 Å². The van der Waals surface area contributed by atoms with Crippen LogP contribution in [0, 0.1) is 0 Å². The Kier molecular flexibility index (Phi) is 4.10. The van der Waals surface area contributed by atoms with Gasteiger partial charge in [-0.05, 0) is 6.92 Å². The fourth-order valence-corrected chi connectivity index (χ4v) is 1.60. The van der Waals surface area contributed by atoms with Crippen molar-refractivity contribution in [3.8, 4) is 0 Å². The van der Waals surface area contributed by atoms with Crippen molar-refractivity contribution in [1.29, 1.82) is 0 Å². The summed E-state index contributed by atoms with van der Waals surface area (Å²) in [5.41, 5.74) is 0.677. The molecule has 0 aliphatic carbocycles. The van der Waals surface area contributed by atoms with Crippen molar-refractivity contribution in [3.05, 3.63) is 16.9 Å². The second-order valence-electron chi connectivity index (χ2n) is 4.87. The first-order valence-corrected chi connectivity index (χ1v) is 5.63. The summed E-state index contributed by atoms with van der Waals surface area (Å²) >= 11 is 6.05. The van der Waals surface area contributed by atoms with E-state index in [1.807, 2.05) is 27.7 Å². The quantitative estimate of drug-likeness (QED) is 0.855. The van der Waals surface area contributed by atoms with Crippen molar-refractivity contribution >= 4 is 17.5 Å². The van der Waals surface area contributed by atoms with E-state index in [-0.39, 0.29) is 18.1 Å². The van der Waals surface area contributed by atoms with Gasteiger partial charge < -0.3 is 10.4 Å². The third kappa shape index (κ3) is 3.32. The maximum atomic E-state index is 8.94. The molecule has 0 bridgehead atoms. The van der Waals surface area contributed by atoms with Crippen molar-refractivity contribution in [2.75, 3.05) is 11.9 Å². The van der Waals surface area contributed by atoms with Crippen molar-refractivity contribution in [2.24, 2.45) is 0 Å². The summed E-state index contributed by atoms with van der Waals surface area (Å²) in [4.78, 5) is 8.44. The summed E-state index contributed by atoms with van der Waals surface area (Å²) in [5, 5.41) is 12.5. The summed E-state index contributed by atoms with van der Waals surface area (Å²) in [6, 6.07) is -0.0750. The molecule has 0 saturated heterocycles. The first-order chi connectivity index (χ1) is 7.34. The Morgan fingerprint density at radius 1 is 1.50 bits per heavy atom. The van der Waals surface area contributed by atoms with Crippen LogP contribution in [-0.2, 0) is 5.41 Å². The Hall–Kier alpha value is -0.870. The number of hydrogen-bond acceptors (Lipinski definition) is 4. The van der Waals surface area contributed by atoms with Crippen molar-refractivity contribution in [2.45, 2.75) is 39.2 Å². The summed E-state index contributed by atoms with van der Waals surface area (Å²) < 4.78 is 0. The van der Waals surface area contributed by atoms with E-state index in [1.165, 1.54) is 0 Å². The summed E-state index contributed by atoms with van der Waals surface area (Å²) in [7, 11) is 0. The average molecular weight is 244 g/mol. The highest BCUT2D eigenvalue weighted by atomic mass is 35.5. The van der Waals surface area contributed by atoms with E-state index in [9.17, 15) is 0 Å². The highest BCUT2D eigenvalue weighted by Crippen LogP contribution is 2.27. The zero-order valence-electron chi connectivity index (χ0n) is 10.1. The molecule has 16 heavy (non-hydrogen) atoms. The van der Waals surface area contributed by atoms with Gasteiger partial charge in [0.2, 0.25) is 5.95 Å². The fourth-order valence-electron chi connectivity index (χ4n) is 1.23. The van der Waals surface area contributed by atoms with Gasteiger partial charge in [0.05, 0.1) is 23.5 Å². The number of halogens is 1. The van der Waals surface area contributed by atoms with Gasteiger partial charge in [0, 0.05) is 11.5 Å². The molecular weight excluding hydrogens is 226 g/mol. The molecule has 0 aliphatic rings. The molecule has 0 saturated carbocycles. The molecule has 5 heteroatoms. The molecule has 1 rings (SSSR count). The van der Waals surface area contributed by atoms with Gasteiger partial charge in [0.1, 0.15) is 0 Å². The molecule has 1 aromatic heterocycles. The molecular formula is C11H18ClN3O. The molecule has 0 aromatic carbocycles. The standard InChI is InChI=1S/C11H18ClN3O/c1-7(6-16)14-10-13-5-8(12)9(15-10)11(2,3)4/h5,7,16H,6H2,1-4H3,(H,13,14,15). The molecule has 0 spiro atoms. The Bertz CT molecular complexity index is 363. The van der Waals surface area contributed by atoms with E-state index in [4.69, 9.17) is 16.7 Å². The summed E-state index contributed by atoms with van der Waals surface area (Å²) in [6.45, 7) is 8.02. The summed E-state index contributed by atoms with van der Waals surface area (Å²) in [5.74, 6) is 0.496. The number of aromatic nitrogens is 2. The van der Waals surface area contributed by atoms with Gasteiger partial charge in [-0.25, -0.2) is 9.97 Å². The molecule has 1 unspecified atom stereocenters. The van der Waals surface area contributed by atoms with Crippen LogP contribution < -0.4 is 5.32 Å². The Morgan fingerprint density at radius 2 is 2.12 bits per heavy atom. The topological polar surface area (TPSA) is 58.0 Å².